The lowest BCUT2D eigenvalue weighted by atomic mass is 10.1. The third kappa shape index (κ3) is 3.88. The number of hydrogen-bond acceptors (Lipinski definition) is 4. The SMILES string of the molecule is OCc1ccc(N(c2ccc(CO)cc2)c2ccc(CO)cc2)cc1. The minimum absolute atomic E-state index is 0.0106. The van der Waals surface area contributed by atoms with Crippen LogP contribution < -0.4 is 4.90 Å². The van der Waals surface area contributed by atoms with Gasteiger partial charge in [0, 0.05) is 17.1 Å². The van der Waals surface area contributed by atoms with Gasteiger partial charge in [0.2, 0.25) is 0 Å². The van der Waals surface area contributed by atoms with Crippen molar-refractivity contribution in [3.8, 4) is 0 Å². The second-order valence-corrected chi connectivity index (χ2v) is 5.81. The fourth-order valence-corrected chi connectivity index (χ4v) is 2.70. The number of nitrogens with zero attached hydrogens (tertiary/aromatic N) is 1. The number of hydrogen-bond donors (Lipinski definition) is 3. The van der Waals surface area contributed by atoms with Gasteiger partial charge < -0.3 is 20.2 Å². The Morgan fingerprint density at radius 2 is 0.680 bits per heavy atom. The third-order valence-corrected chi connectivity index (χ3v) is 4.13. The van der Waals surface area contributed by atoms with Gasteiger partial charge in [-0.15, -0.1) is 0 Å². The van der Waals surface area contributed by atoms with Gasteiger partial charge in [0.1, 0.15) is 0 Å². The molecular formula is C21H21NO3. The molecule has 25 heavy (non-hydrogen) atoms. The van der Waals surface area contributed by atoms with Crippen molar-refractivity contribution in [2.75, 3.05) is 4.90 Å². The highest BCUT2D eigenvalue weighted by molar-refractivity contribution is 5.76. The number of aliphatic hydroxyl groups is 3. The van der Waals surface area contributed by atoms with E-state index in [2.05, 4.69) is 4.90 Å². The van der Waals surface area contributed by atoms with Crippen LogP contribution in [0.2, 0.25) is 0 Å². The standard InChI is InChI=1S/C21H21NO3/c23-13-16-1-7-19(8-2-16)22(20-9-3-17(14-24)4-10-20)21-11-5-18(15-25)6-12-21/h1-12,23-25H,13-15H2. The molecule has 0 aliphatic carbocycles. The minimum Gasteiger partial charge on any atom is -0.392 e. The van der Waals surface area contributed by atoms with E-state index in [0.717, 1.165) is 33.8 Å². The summed E-state index contributed by atoms with van der Waals surface area (Å²) < 4.78 is 0. The predicted molar refractivity (Wildman–Crippen MR) is 98.9 cm³/mol. The summed E-state index contributed by atoms with van der Waals surface area (Å²) in [6.07, 6.45) is 0. The number of benzene rings is 3. The number of anilines is 3. The van der Waals surface area contributed by atoms with Gasteiger partial charge in [-0.1, -0.05) is 36.4 Å². The maximum atomic E-state index is 9.26. The predicted octanol–water partition coefficient (Wildman–Crippen LogP) is 3.63. The van der Waals surface area contributed by atoms with Crippen LogP contribution in [-0.4, -0.2) is 15.3 Å². The highest BCUT2D eigenvalue weighted by Gasteiger charge is 2.12. The van der Waals surface area contributed by atoms with E-state index in [1.54, 1.807) is 0 Å². The van der Waals surface area contributed by atoms with Gasteiger partial charge in [-0.3, -0.25) is 0 Å². The fraction of sp³-hybridized carbons (Fsp3) is 0.143. The van der Waals surface area contributed by atoms with E-state index < -0.39 is 0 Å². The monoisotopic (exact) mass is 335 g/mol. The van der Waals surface area contributed by atoms with E-state index in [9.17, 15) is 15.3 Å². The molecule has 0 bridgehead atoms. The van der Waals surface area contributed by atoms with Gasteiger partial charge in [0.15, 0.2) is 0 Å². The van der Waals surface area contributed by atoms with Gasteiger partial charge >= 0.3 is 0 Å². The van der Waals surface area contributed by atoms with E-state index in [1.807, 2.05) is 72.8 Å². The summed E-state index contributed by atoms with van der Waals surface area (Å²) in [6.45, 7) is 0.0318. The van der Waals surface area contributed by atoms with E-state index in [-0.39, 0.29) is 19.8 Å². The van der Waals surface area contributed by atoms with E-state index in [4.69, 9.17) is 0 Å². The first-order valence-electron chi connectivity index (χ1n) is 8.14. The summed E-state index contributed by atoms with van der Waals surface area (Å²) >= 11 is 0. The molecule has 0 fully saturated rings. The topological polar surface area (TPSA) is 63.9 Å². The summed E-state index contributed by atoms with van der Waals surface area (Å²) in [4.78, 5) is 2.09. The molecule has 0 heterocycles. The lowest BCUT2D eigenvalue weighted by molar-refractivity contribution is 0.281. The van der Waals surface area contributed by atoms with E-state index in [1.165, 1.54) is 0 Å². The van der Waals surface area contributed by atoms with Crippen molar-refractivity contribution < 1.29 is 15.3 Å². The molecule has 3 aromatic rings. The molecule has 4 nitrogen and oxygen atoms in total. The molecule has 3 rings (SSSR count). The van der Waals surface area contributed by atoms with Gasteiger partial charge in [-0.2, -0.15) is 0 Å². The summed E-state index contributed by atoms with van der Waals surface area (Å²) in [5, 5.41) is 27.8. The quantitative estimate of drug-likeness (QED) is 0.644. The highest BCUT2D eigenvalue weighted by Crippen LogP contribution is 2.34. The zero-order valence-electron chi connectivity index (χ0n) is 13.8. The molecular weight excluding hydrogens is 314 g/mol. The molecule has 0 unspecified atom stereocenters. The molecule has 3 aromatic carbocycles. The molecule has 0 aliphatic heterocycles. The summed E-state index contributed by atoms with van der Waals surface area (Å²) in [7, 11) is 0. The van der Waals surface area contributed by atoms with Crippen molar-refractivity contribution in [2.24, 2.45) is 0 Å². The first-order valence-corrected chi connectivity index (χ1v) is 8.14. The molecule has 128 valence electrons. The smallest absolute Gasteiger partial charge is 0.0681 e. The van der Waals surface area contributed by atoms with Crippen molar-refractivity contribution in [3.05, 3.63) is 89.5 Å². The van der Waals surface area contributed by atoms with Gasteiger partial charge in [0.05, 0.1) is 19.8 Å². The average molecular weight is 335 g/mol. The molecule has 0 aliphatic rings. The van der Waals surface area contributed by atoms with Crippen molar-refractivity contribution in [2.45, 2.75) is 19.8 Å². The molecule has 4 heteroatoms. The Hall–Kier alpha value is -2.66. The van der Waals surface area contributed by atoms with Crippen LogP contribution in [-0.2, 0) is 19.8 Å². The molecule has 0 radical (unpaired) electrons. The molecule has 0 amide bonds. The Bertz CT molecular complexity index is 683. The summed E-state index contributed by atoms with van der Waals surface area (Å²) in [6, 6.07) is 23.2. The lowest BCUT2D eigenvalue weighted by Gasteiger charge is -2.26. The van der Waals surface area contributed by atoms with Crippen LogP contribution in [0, 0.1) is 0 Å². The Labute approximate surface area is 147 Å². The Morgan fingerprint density at radius 3 is 0.880 bits per heavy atom. The second-order valence-electron chi connectivity index (χ2n) is 5.81. The van der Waals surface area contributed by atoms with Crippen LogP contribution in [0.5, 0.6) is 0 Å². The van der Waals surface area contributed by atoms with Crippen molar-refractivity contribution in [1.29, 1.82) is 0 Å². The Kier molecular flexibility index (Phi) is 5.46. The molecule has 0 aromatic heterocycles. The van der Waals surface area contributed by atoms with Crippen LogP contribution in [0.3, 0.4) is 0 Å². The van der Waals surface area contributed by atoms with Gasteiger partial charge in [0.25, 0.3) is 0 Å². The summed E-state index contributed by atoms with van der Waals surface area (Å²) in [5.74, 6) is 0. The van der Waals surface area contributed by atoms with Crippen molar-refractivity contribution in [1.82, 2.24) is 0 Å². The highest BCUT2D eigenvalue weighted by atomic mass is 16.3. The maximum Gasteiger partial charge on any atom is 0.0681 e. The van der Waals surface area contributed by atoms with Crippen LogP contribution in [0.4, 0.5) is 17.1 Å². The normalized spacial score (nSPS) is 10.7. The largest absolute Gasteiger partial charge is 0.392 e. The van der Waals surface area contributed by atoms with Gasteiger partial charge in [-0.25, -0.2) is 0 Å². The number of aliphatic hydroxyl groups excluding tert-OH is 3. The summed E-state index contributed by atoms with van der Waals surface area (Å²) in [5.41, 5.74) is 5.46. The first-order chi connectivity index (χ1) is 12.2. The average Bonchev–Trinajstić information content (AvgIpc) is 2.70. The molecule has 0 atom stereocenters. The van der Waals surface area contributed by atoms with Crippen LogP contribution in [0.15, 0.2) is 72.8 Å². The Morgan fingerprint density at radius 1 is 0.440 bits per heavy atom. The molecule has 0 saturated carbocycles. The minimum atomic E-state index is 0.0106. The van der Waals surface area contributed by atoms with Crippen molar-refractivity contribution >= 4 is 17.1 Å². The lowest BCUT2D eigenvalue weighted by Crippen LogP contribution is -2.10. The third-order valence-electron chi connectivity index (χ3n) is 4.13. The van der Waals surface area contributed by atoms with Crippen LogP contribution in [0.25, 0.3) is 0 Å². The van der Waals surface area contributed by atoms with Crippen molar-refractivity contribution in [3.63, 3.8) is 0 Å². The van der Waals surface area contributed by atoms with E-state index in [0.29, 0.717) is 0 Å². The van der Waals surface area contributed by atoms with Gasteiger partial charge in [-0.05, 0) is 53.1 Å². The molecule has 3 N–H and O–H groups in total. The fourth-order valence-electron chi connectivity index (χ4n) is 2.70. The maximum absolute atomic E-state index is 9.26. The molecule has 0 saturated heterocycles. The van der Waals surface area contributed by atoms with Crippen LogP contribution >= 0.6 is 0 Å². The van der Waals surface area contributed by atoms with E-state index >= 15 is 0 Å². The Balaban J connectivity index is 2.04. The zero-order chi connectivity index (χ0) is 17.6. The molecule has 0 spiro atoms. The first kappa shape index (κ1) is 17.2. The number of rotatable bonds is 6. The second kappa shape index (κ2) is 7.94. The van der Waals surface area contributed by atoms with Crippen LogP contribution in [0.1, 0.15) is 16.7 Å². The zero-order valence-corrected chi connectivity index (χ0v) is 13.8.